The van der Waals surface area contributed by atoms with Gasteiger partial charge in [-0.1, -0.05) is 24.3 Å². The van der Waals surface area contributed by atoms with Crippen LogP contribution in [0.3, 0.4) is 0 Å². The summed E-state index contributed by atoms with van der Waals surface area (Å²) in [6.45, 7) is 8.01. The van der Waals surface area contributed by atoms with Crippen LogP contribution in [-0.4, -0.2) is 15.3 Å². The zero-order valence-corrected chi connectivity index (χ0v) is 17.2. The zero-order valence-electron chi connectivity index (χ0n) is 16.1. The van der Waals surface area contributed by atoms with Gasteiger partial charge >= 0.3 is 75.0 Å². The Morgan fingerprint density at radius 2 is 1.33 bits per heavy atom. The van der Waals surface area contributed by atoms with Crippen LogP contribution in [-0.2, 0) is 16.0 Å². The summed E-state index contributed by atoms with van der Waals surface area (Å²) in [5.74, 6) is 0. The van der Waals surface area contributed by atoms with Crippen LogP contribution >= 0.6 is 0 Å². The maximum absolute atomic E-state index is 4.61. The summed E-state index contributed by atoms with van der Waals surface area (Å²) in [7, 11) is 0. The third-order valence-corrected chi connectivity index (χ3v) is 3.99. The van der Waals surface area contributed by atoms with Gasteiger partial charge in [0.2, 0.25) is 0 Å². The Bertz CT molecular complexity index is 927. The number of benzene rings is 2. The number of aromatic nitrogens is 1. The van der Waals surface area contributed by atoms with E-state index >= 15 is 0 Å². The summed E-state index contributed by atoms with van der Waals surface area (Å²) in [5.41, 5.74) is 6.46. The van der Waals surface area contributed by atoms with Gasteiger partial charge in [-0.05, 0) is 31.5 Å². The first-order valence-corrected chi connectivity index (χ1v) is 9.29. The minimum atomic E-state index is 0.847. The predicted molar refractivity (Wildman–Crippen MR) is 111 cm³/mol. The summed E-state index contributed by atoms with van der Waals surface area (Å²) in [4.78, 5) is 13.0. The van der Waals surface area contributed by atoms with Crippen LogP contribution in [0.15, 0.2) is 83.0 Å². The summed E-state index contributed by atoms with van der Waals surface area (Å²) in [6, 6.07) is 20.1. The number of pyridine rings is 1. The van der Waals surface area contributed by atoms with Crippen molar-refractivity contribution in [1.29, 1.82) is 0 Å². The molecule has 3 rings (SSSR count). The maximum atomic E-state index is 4.61. The molecule has 0 unspecified atom stereocenters. The second kappa shape index (κ2) is 10.6. The molecule has 0 bridgehead atoms. The van der Waals surface area contributed by atoms with Gasteiger partial charge in [0.1, 0.15) is 0 Å². The number of hydrogen-bond donors (Lipinski definition) is 0. The van der Waals surface area contributed by atoms with Crippen molar-refractivity contribution in [1.82, 2.24) is 4.98 Å². The Kier molecular flexibility index (Phi) is 8.12. The SMILES string of the molecule is CC(=Nc1ccccc1C)c1cccnc1.C[C]([Fe])=Nc1ccccc1C. The Balaban J connectivity index is 0.000000208. The molecule has 0 N–H and O–H groups in total. The molecule has 4 heteroatoms. The van der Waals surface area contributed by atoms with E-state index in [1.54, 1.807) is 6.20 Å². The van der Waals surface area contributed by atoms with E-state index in [1.807, 2.05) is 81.6 Å². The van der Waals surface area contributed by atoms with E-state index in [0.717, 1.165) is 27.3 Å². The molecule has 1 heterocycles. The molecular formula is C23H24FeN3. The molecule has 0 fully saturated rings. The van der Waals surface area contributed by atoms with Crippen molar-refractivity contribution in [2.24, 2.45) is 9.98 Å². The minimum absolute atomic E-state index is 0.847. The molecule has 139 valence electrons. The van der Waals surface area contributed by atoms with E-state index in [4.69, 9.17) is 0 Å². The fraction of sp³-hybridized carbons (Fsp3) is 0.174. The molecule has 3 aromatic rings. The van der Waals surface area contributed by atoms with Crippen LogP contribution in [0.2, 0.25) is 0 Å². The van der Waals surface area contributed by atoms with E-state index in [0.29, 0.717) is 0 Å². The van der Waals surface area contributed by atoms with Gasteiger partial charge in [0.05, 0.1) is 5.69 Å². The Morgan fingerprint density at radius 1 is 0.778 bits per heavy atom. The normalized spacial score (nSPS) is 11.6. The fourth-order valence-corrected chi connectivity index (χ4v) is 2.50. The molecular weight excluding hydrogens is 374 g/mol. The van der Waals surface area contributed by atoms with Crippen molar-refractivity contribution in [2.75, 3.05) is 0 Å². The van der Waals surface area contributed by atoms with Crippen molar-refractivity contribution in [3.05, 3.63) is 89.7 Å². The quantitative estimate of drug-likeness (QED) is 0.387. The van der Waals surface area contributed by atoms with Crippen LogP contribution in [0.1, 0.15) is 30.5 Å². The first-order valence-electron chi connectivity index (χ1n) is 8.74. The molecule has 0 aliphatic carbocycles. The van der Waals surface area contributed by atoms with Crippen LogP contribution in [0.5, 0.6) is 0 Å². The van der Waals surface area contributed by atoms with E-state index in [1.165, 1.54) is 11.1 Å². The number of aryl methyl sites for hydroxylation is 2. The van der Waals surface area contributed by atoms with Crippen LogP contribution in [0.25, 0.3) is 0 Å². The van der Waals surface area contributed by atoms with Gasteiger partial charge in [-0.3, -0.25) is 9.98 Å². The monoisotopic (exact) mass is 398 g/mol. The second-order valence-corrected chi connectivity index (χ2v) is 6.90. The number of nitrogens with zero attached hydrogens (tertiary/aromatic N) is 3. The van der Waals surface area contributed by atoms with E-state index in [9.17, 15) is 0 Å². The topological polar surface area (TPSA) is 37.6 Å². The average Bonchev–Trinajstić information content (AvgIpc) is 2.66. The van der Waals surface area contributed by atoms with E-state index in [2.05, 4.69) is 44.0 Å². The standard InChI is InChI=1S/C14H14N2.C9H10N.Fe/c1-11-6-3-4-8-14(11)16-12(2)13-7-5-9-15-10-13;1-3-10-9-7-5-4-6-8(9)2;/h3-10H,1-2H3;4-7H,1-2H3;. The van der Waals surface area contributed by atoms with Crippen molar-refractivity contribution < 1.29 is 16.0 Å². The third kappa shape index (κ3) is 6.93. The van der Waals surface area contributed by atoms with Gasteiger partial charge in [0.15, 0.2) is 0 Å². The molecule has 2 aromatic carbocycles. The molecule has 0 spiro atoms. The molecule has 0 aliphatic rings. The summed E-state index contributed by atoms with van der Waals surface area (Å²) >= 11 is 3.72. The summed E-state index contributed by atoms with van der Waals surface area (Å²) in [6.07, 6.45) is 3.60. The second-order valence-electron chi connectivity index (χ2n) is 6.10. The molecule has 27 heavy (non-hydrogen) atoms. The van der Waals surface area contributed by atoms with Gasteiger partial charge in [0, 0.05) is 23.7 Å². The Hall–Kier alpha value is -2.55. The number of para-hydroxylation sites is 2. The van der Waals surface area contributed by atoms with Gasteiger partial charge in [-0.25, -0.2) is 0 Å². The van der Waals surface area contributed by atoms with Crippen molar-refractivity contribution in [3.63, 3.8) is 0 Å². The van der Waals surface area contributed by atoms with Crippen molar-refractivity contribution in [2.45, 2.75) is 27.7 Å². The third-order valence-electron chi connectivity index (χ3n) is 3.87. The summed E-state index contributed by atoms with van der Waals surface area (Å²) in [5, 5.41) is 0. The Labute approximate surface area is 170 Å². The molecule has 0 saturated heterocycles. The van der Waals surface area contributed by atoms with Crippen LogP contribution < -0.4 is 0 Å². The molecule has 0 saturated carbocycles. The summed E-state index contributed by atoms with van der Waals surface area (Å²) < 4.78 is 0.847. The number of rotatable bonds is 3. The zero-order chi connectivity index (χ0) is 19.6. The molecule has 0 aliphatic heterocycles. The van der Waals surface area contributed by atoms with Crippen LogP contribution in [0.4, 0.5) is 11.4 Å². The van der Waals surface area contributed by atoms with Gasteiger partial charge in [0.25, 0.3) is 0 Å². The Morgan fingerprint density at radius 3 is 1.81 bits per heavy atom. The molecule has 0 radical (unpaired) electrons. The van der Waals surface area contributed by atoms with Crippen molar-refractivity contribution in [3.8, 4) is 0 Å². The predicted octanol–water partition coefficient (Wildman–Crippen LogP) is 6.12. The van der Waals surface area contributed by atoms with Gasteiger partial charge in [-0.2, -0.15) is 0 Å². The molecule has 0 atom stereocenters. The van der Waals surface area contributed by atoms with Gasteiger partial charge in [-0.15, -0.1) is 0 Å². The first kappa shape index (κ1) is 20.8. The van der Waals surface area contributed by atoms with E-state index in [-0.39, 0.29) is 0 Å². The molecule has 1 aromatic heterocycles. The fourth-order valence-electron chi connectivity index (χ4n) is 2.36. The van der Waals surface area contributed by atoms with Crippen molar-refractivity contribution >= 4 is 21.7 Å². The van der Waals surface area contributed by atoms with Crippen LogP contribution in [0, 0.1) is 13.8 Å². The number of hydrogen-bond acceptors (Lipinski definition) is 3. The van der Waals surface area contributed by atoms with Gasteiger partial charge < -0.3 is 0 Å². The average molecular weight is 398 g/mol. The molecule has 0 amide bonds. The molecule has 3 nitrogen and oxygen atoms in total. The van der Waals surface area contributed by atoms with E-state index < -0.39 is 0 Å². The first-order chi connectivity index (χ1) is 13.0. The number of aliphatic imine (C=N–C) groups is 2.